The predicted molar refractivity (Wildman–Crippen MR) is 88.7 cm³/mol. The Hall–Kier alpha value is -2.28. The third kappa shape index (κ3) is 4.38. The number of hydrogen-bond donors (Lipinski definition) is 2. The van der Waals surface area contributed by atoms with Crippen LogP contribution in [0.5, 0.6) is 0 Å². The Morgan fingerprint density at radius 1 is 1.42 bits per heavy atom. The second-order valence-corrected chi connectivity index (χ2v) is 5.99. The number of halogens is 1. The van der Waals surface area contributed by atoms with Crippen molar-refractivity contribution < 1.29 is 14.3 Å². The van der Waals surface area contributed by atoms with Crippen molar-refractivity contribution >= 4 is 5.91 Å². The van der Waals surface area contributed by atoms with Crippen LogP contribution in [0.1, 0.15) is 56.0 Å². The van der Waals surface area contributed by atoms with Gasteiger partial charge in [0.2, 0.25) is 5.82 Å². The number of rotatable bonds is 7. The Balaban J connectivity index is 2.23. The average molecular weight is 334 g/mol. The van der Waals surface area contributed by atoms with Crippen molar-refractivity contribution in [2.75, 3.05) is 6.54 Å². The highest BCUT2D eigenvalue weighted by atomic mass is 19.1. The van der Waals surface area contributed by atoms with Crippen LogP contribution in [0.3, 0.4) is 0 Å². The molecule has 1 unspecified atom stereocenters. The predicted octanol–water partition coefficient (Wildman–Crippen LogP) is 2.42. The molecule has 0 saturated heterocycles. The Labute approximate surface area is 140 Å². The van der Waals surface area contributed by atoms with Gasteiger partial charge in [0.15, 0.2) is 0 Å². The van der Waals surface area contributed by atoms with Gasteiger partial charge in [-0.1, -0.05) is 33.3 Å². The van der Waals surface area contributed by atoms with Crippen LogP contribution in [0, 0.1) is 5.82 Å². The molecule has 0 aliphatic carbocycles. The van der Waals surface area contributed by atoms with Gasteiger partial charge in [0, 0.05) is 12.5 Å². The number of nitrogens with zero attached hydrogens (tertiary/aromatic N) is 3. The summed E-state index contributed by atoms with van der Waals surface area (Å²) in [7, 11) is 0. The van der Waals surface area contributed by atoms with E-state index in [0.29, 0.717) is 17.9 Å². The van der Waals surface area contributed by atoms with Gasteiger partial charge >= 0.3 is 0 Å². The van der Waals surface area contributed by atoms with Crippen molar-refractivity contribution in [1.82, 2.24) is 20.1 Å². The molecule has 1 amide bonds. The Morgan fingerprint density at radius 3 is 2.79 bits per heavy atom. The number of nitrogens with one attached hydrogen (secondary N) is 1. The number of hydrogen-bond acceptors (Lipinski definition) is 4. The molecule has 0 aliphatic rings. The first-order valence-electron chi connectivity index (χ1n) is 8.11. The maximum Gasteiger partial charge on any atom is 0.291 e. The molecule has 130 valence electrons. The molecule has 0 aliphatic heterocycles. The molecule has 7 heteroatoms. The number of benzene rings is 1. The summed E-state index contributed by atoms with van der Waals surface area (Å²) < 4.78 is 14.9. The molecule has 6 nitrogen and oxygen atoms in total. The summed E-state index contributed by atoms with van der Waals surface area (Å²) in [6, 6.07) is 5.97. The Morgan fingerprint density at radius 2 is 2.17 bits per heavy atom. The third-order valence-corrected chi connectivity index (χ3v) is 3.52. The fourth-order valence-electron chi connectivity index (χ4n) is 2.32. The fourth-order valence-corrected chi connectivity index (χ4v) is 2.32. The van der Waals surface area contributed by atoms with Gasteiger partial charge in [-0.3, -0.25) is 4.79 Å². The number of aliphatic hydroxyl groups is 1. The summed E-state index contributed by atoms with van der Waals surface area (Å²) in [6.07, 6.45) is 0.859. The molecule has 0 saturated carbocycles. The van der Waals surface area contributed by atoms with E-state index in [1.165, 1.54) is 16.8 Å². The van der Waals surface area contributed by atoms with Crippen LogP contribution in [0.2, 0.25) is 0 Å². The first kappa shape index (κ1) is 18.1. The highest BCUT2D eigenvalue weighted by Crippen LogP contribution is 2.18. The number of aliphatic hydroxyl groups excluding tert-OH is 1. The summed E-state index contributed by atoms with van der Waals surface area (Å²) in [5.41, 5.74) is 0.510. The van der Waals surface area contributed by atoms with Crippen LogP contribution in [-0.4, -0.2) is 38.4 Å². The minimum Gasteiger partial charge on any atom is -0.391 e. The summed E-state index contributed by atoms with van der Waals surface area (Å²) >= 11 is 0. The van der Waals surface area contributed by atoms with Gasteiger partial charge in [-0.25, -0.2) is 14.1 Å². The van der Waals surface area contributed by atoms with Crippen LogP contribution < -0.4 is 5.32 Å². The van der Waals surface area contributed by atoms with E-state index in [1.807, 2.05) is 20.8 Å². The number of aromatic nitrogens is 3. The van der Waals surface area contributed by atoms with E-state index in [9.17, 15) is 14.3 Å². The van der Waals surface area contributed by atoms with E-state index in [-0.39, 0.29) is 24.1 Å². The van der Waals surface area contributed by atoms with Crippen molar-refractivity contribution in [3.63, 3.8) is 0 Å². The summed E-state index contributed by atoms with van der Waals surface area (Å²) in [4.78, 5) is 16.5. The van der Waals surface area contributed by atoms with E-state index in [4.69, 9.17) is 0 Å². The molecule has 0 radical (unpaired) electrons. The minimum atomic E-state index is -0.589. The fraction of sp³-hybridized carbons (Fsp3) is 0.471. The standard InChI is InChI=1S/C17H23FN4O2/c1-4-6-14(23)10-19-17(24)15-20-16(11(2)3)22(21-15)13-8-5-7-12(18)9-13/h5,7-9,11,14,23H,4,6,10H2,1-3H3,(H,19,24). The second-order valence-electron chi connectivity index (χ2n) is 5.99. The lowest BCUT2D eigenvalue weighted by Crippen LogP contribution is -2.32. The van der Waals surface area contributed by atoms with E-state index in [2.05, 4.69) is 15.4 Å². The first-order chi connectivity index (χ1) is 11.4. The highest BCUT2D eigenvalue weighted by Gasteiger charge is 2.20. The second kappa shape index (κ2) is 8.01. The van der Waals surface area contributed by atoms with Crippen molar-refractivity contribution in [2.45, 2.75) is 45.6 Å². The SMILES string of the molecule is CCCC(O)CNC(=O)c1nc(C(C)C)n(-c2cccc(F)c2)n1. The normalized spacial score (nSPS) is 12.4. The van der Waals surface area contributed by atoms with Crippen molar-refractivity contribution in [1.29, 1.82) is 0 Å². The van der Waals surface area contributed by atoms with Gasteiger partial charge in [0.05, 0.1) is 11.8 Å². The zero-order valence-electron chi connectivity index (χ0n) is 14.2. The molecule has 2 aromatic rings. The molecule has 1 aromatic heterocycles. The van der Waals surface area contributed by atoms with Gasteiger partial charge < -0.3 is 10.4 Å². The Kier molecular flexibility index (Phi) is 6.03. The van der Waals surface area contributed by atoms with Gasteiger partial charge in [-0.15, -0.1) is 5.10 Å². The van der Waals surface area contributed by atoms with Crippen LogP contribution in [-0.2, 0) is 0 Å². The van der Waals surface area contributed by atoms with E-state index in [1.54, 1.807) is 12.1 Å². The summed E-state index contributed by atoms with van der Waals surface area (Å²) in [5, 5.41) is 16.5. The van der Waals surface area contributed by atoms with Crippen LogP contribution in [0.4, 0.5) is 4.39 Å². The molecule has 0 spiro atoms. The average Bonchev–Trinajstić information content (AvgIpc) is 2.98. The molecule has 2 rings (SSSR count). The van der Waals surface area contributed by atoms with Gasteiger partial charge in [-0.2, -0.15) is 0 Å². The minimum absolute atomic E-state index is 0.00617. The molecular weight excluding hydrogens is 311 g/mol. The monoisotopic (exact) mass is 334 g/mol. The van der Waals surface area contributed by atoms with E-state index < -0.39 is 12.0 Å². The van der Waals surface area contributed by atoms with Crippen LogP contribution in [0.15, 0.2) is 24.3 Å². The van der Waals surface area contributed by atoms with Crippen LogP contribution in [0.25, 0.3) is 5.69 Å². The Bertz CT molecular complexity index is 700. The van der Waals surface area contributed by atoms with Gasteiger partial charge in [0.1, 0.15) is 11.6 Å². The summed E-state index contributed by atoms with van der Waals surface area (Å²) in [6.45, 7) is 5.96. The summed E-state index contributed by atoms with van der Waals surface area (Å²) in [5.74, 6) is -0.256. The maximum atomic E-state index is 13.5. The topological polar surface area (TPSA) is 80.0 Å². The highest BCUT2D eigenvalue weighted by molar-refractivity contribution is 5.90. The quantitative estimate of drug-likeness (QED) is 0.815. The maximum absolute atomic E-state index is 13.5. The van der Waals surface area contributed by atoms with Gasteiger partial charge in [-0.05, 0) is 24.6 Å². The third-order valence-electron chi connectivity index (χ3n) is 3.52. The number of carbonyl (C=O) groups excluding carboxylic acids is 1. The lowest BCUT2D eigenvalue weighted by molar-refractivity contribution is 0.0900. The number of carbonyl (C=O) groups is 1. The molecule has 1 heterocycles. The number of amides is 1. The largest absolute Gasteiger partial charge is 0.391 e. The smallest absolute Gasteiger partial charge is 0.291 e. The molecule has 1 aromatic carbocycles. The zero-order valence-corrected chi connectivity index (χ0v) is 14.2. The zero-order chi connectivity index (χ0) is 17.7. The van der Waals surface area contributed by atoms with Gasteiger partial charge in [0.25, 0.3) is 5.91 Å². The molecular formula is C17H23FN4O2. The molecule has 24 heavy (non-hydrogen) atoms. The lowest BCUT2D eigenvalue weighted by Gasteiger charge is -2.09. The van der Waals surface area contributed by atoms with Crippen molar-refractivity contribution in [3.05, 3.63) is 41.7 Å². The molecule has 0 fully saturated rings. The molecule has 0 bridgehead atoms. The first-order valence-corrected chi connectivity index (χ1v) is 8.11. The van der Waals surface area contributed by atoms with E-state index in [0.717, 1.165) is 6.42 Å². The molecule has 2 N–H and O–H groups in total. The van der Waals surface area contributed by atoms with E-state index >= 15 is 0 Å². The van der Waals surface area contributed by atoms with Crippen molar-refractivity contribution in [2.24, 2.45) is 0 Å². The van der Waals surface area contributed by atoms with Crippen LogP contribution >= 0.6 is 0 Å². The molecule has 1 atom stereocenters. The lowest BCUT2D eigenvalue weighted by atomic mass is 10.2. The van der Waals surface area contributed by atoms with Crippen molar-refractivity contribution in [3.8, 4) is 5.69 Å².